The smallest absolute Gasteiger partial charge is 0.315 e. The summed E-state index contributed by atoms with van der Waals surface area (Å²) in [4.78, 5) is 15.1. The van der Waals surface area contributed by atoms with Gasteiger partial charge >= 0.3 is 6.03 Å². The Morgan fingerprint density at radius 2 is 1.64 bits per heavy atom. The SMILES string of the molecule is CC(C)(CNC(=O)N[C@@H](Cc1ccccc1)c1ccccc1)N1CCOCC1. The molecule has 0 radical (unpaired) electrons. The first-order valence-corrected chi connectivity index (χ1v) is 10.0. The Morgan fingerprint density at radius 3 is 2.29 bits per heavy atom. The van der Waals surface area contributed by atoms with Gasteiger partial charge in [0.15, 0.2) is 0 Å². The predicted octanol–water partition coefficient (Wildman–Crippen LogP) is 3.38. The third-order valence-corrected chi connectivity index (χ3v) is 5.34. The van der Waals surface area contributed by atoms with Crippen molar-refractivity contribution in [2.45, 2.75) is 31.8 Å². The number of amides is 2. The molecule has 1 heterocycles. The van der Waals surface area contributed by atoms with Crippen molar-refractivity contribution in [3.63, 3.8) is 0 Å². The number of carbonyl (C=O) groups excluding carboxylic acids is 1. The van der Waals surface area contributed by atoms with Crippen molar-refractivity contribution in [3.8, 4) is 0 Å². The van der Waals surface area contributed by atoms with Gasteiger partial charge in [-0.05, 0) is 31.4 Å². The summed E-state index contributed by atoms with van der Waals surface area (Å²) in [6.45, 7) is 8.22. The number of rotatable bonds is 7. The van der Waals surface area contributed by atoms with Crippen LogP contribution in [0.1, 0.15) is 31.0 Å². The Hall–Kier alpha value is -2.37. The van der Waals surface area contributed by atoms with Crippen LogP contribution >= 0.6 is 0 Å². The van der Waals surface area contributed by atoms with Gasteiger partial charge in [-0.15, -0.1) is 0 Å². The number of benzene rings is 2. The molecule has 2 aromatic carbocycles. The lowest BCUT2D eigenvalue weighted by molar-refractivity contribution is -0.00876. The standard InChI is InChI=1S/C23H31N3O2/c1-23(2,26-13-15-28-16-14-26)18-24-22(27)25-21(20-11-7-4-8-12-20)17-19-9-5-3-6-10-19/h3-12,21H,13-18H2,1-2H3,(H2,24,25,27)/t21-/m0/s1. The van der Waals surface area contributed by atoms with Gasteiger partial charge in [-0.3, -0.25) is 4.90 Å². The van der Waals surface area contributed by atoms with Crippen molar-refractivity contribution >= 4 is 6.03 Å². The van der Waals surface area contributed by atoms with Gasteiger partial charge in [-0.1, -0.05) is 60.7 Å². The molecular formula is C23H31N3O2. The lowest BCUT2D eigenvalue weighted by Crippen LogP contribution is -2.56. The Morgan fingerprint density at radius 1 is 1.04 bits per heavy atom. The zero-order valence-corrected chi connectivity index (χ0v) is 16.9. The van der Waals surface area contributed by atoms with Gasteiger partial charge in [0, 0.05) is 25.2 Å². The van der Waals surface area contributed by atoms with Crippen molar-refractivity contribution < 1.29 is 9.53 Å². The normalized spacial score (nSPS) is 16.4. The summed E-state index contributed by atoms with van der Waals surface area (Å²) in [5, 5.41) is 6.24. The molecule has 0 aromatic heterocycles. The number of hydrogen-bond donors (Lipinski definition) is 2. The number of hydrogen-bond acceptors (Lipinski definition) is 3. The molecule has 5 heteroatoms. The highest BCUT2D eigenvalue weighted by molar-refractivity contribution is 5.74. The van der Waals surface area contributed by atoms with Crippen LogP contribution in [-0.2, 0) is 11.2 Å². The molecular weight excluding hydrogens is 350 g/mol. The summed E-state index contributed by atoms with van der Waals surface area (Å²) in [5.74, 6) is 0. The molecule has 0 unspecified atom stereocenters. The Kier molecular flexibility index (Phi) is 7.06. The van der Waals surface area contributed by atoms with Crippen molar-refractivity contribution in [3.05, 3.63) is 71.8 Å². The Balaban J connectivity index is 1.60. The fourth-order valence-corrected chi connectivity index (χ4v) is 3.57. The van der Waals surface area contributed by atoms with E-state index in [1.165, 1.54) is 5.56 Å². The highest BCUT2D eigenvalue weighted by Gasteiger charge is 2.28. The second-order valence-electron chi connectivity index (χ2n) is 7.89. The minimum absolute atomic E-state index is 0.0740. The topological polar surface area (TPSA) is 53.6 Å². The molecule has 0 spiro atoms. The molecule has 2 N–H and O–H groups in total. The van der Waals surface area contributed by atoms with Crippen LogP contribution in [0.4, 0.5) is 4.79 Å². The van der Waals surface area contributed by atoms with Crippen LogP contribution in [0.2, 0.25) is 0 Å². The molecule has 1 fully saturated rings. The fourth-order valence-electron chi connectivity index (χ4n) is 3.57. The van der Waals surface area contributed by atoms with E-state index in [4.69, 9.17) is 4.74 Å². The molecule has 150 valence electrons. The second-order valence-corrected chi connectivity index (χ2v) is 7.89. The first kappa shape index (κ1) is 20.4. The van der Waals surface area contributed by atoms with Crippen LogP contribution in [0.25, 0.3) is 0 Å². The zero-order chi connectivity index (χ0) is 19.8. The number of nitrogens with zero attached hydrogens (tertiary/aromatic N) is 1. The first-order valence-electron chi connectivity index (χ1n) is 10.0. The van der Waals surface area contributed by atoms with E-state index in [0.717, 1.165) is 38.3 Å². The van der Waals surface area contributed by atoms with E-state index in [-0.39, 0.29) is 17.6 Å². The number of urea groups is 1. The average molecular weight is 382 g/mol. The summed E-state index contributed by atoms with van der Waals surface area (Å²) in [6.07, 6.45) is 0.755. The highest BCUT2D eigenvalue weighted by Crippen LogP contribution is 2.19. The van der Waals surface area contributed by atoms with Gasteiger partial charge in [0.2, 0.25) is 0 Å². The van der Waals surface area contributed by atoms with E-state index in [1.54, 1.807) is 0 Å². The molecule has 1 saturated heterocycles. The molecule has 1 atom stereocenters. The van der Waals surface area contributed by atoms with Crippen molar-refractivity contribution in [1.82, 2.24) is 15.5 Å². The molecule has 5 nitrogen and oxygen atoms in total. The first-order chi connectivity index (χ1) is 13.5. The van der Waals surface area contributed by atoms with Crippen LogP contribution in [0.5, 0.6) is 0 Å². The average Bonchev–Trinajstić information content (AvgIpc) is 2.74. The van der Waals surface area contributed by atoms with Gasteiger partial charge in [-0.2, -0.15) is 0 Å². The summed E-state index contributed by atoms with van der Waals surface area (Å²) in [7, 11) is 0. The fraction of sp³-hybridized carbons (Fsp3) is 0.435. The Bertz CT molecular complexity index is 728. The van der Waals surface area contributed by atoms with E-state index < -0.39 is 0 Å². The maximum absolute atomic E-state index is 12.7. The summed E-state index contributed by atoms with van der Waals surface area (Å²) in [5.41, 5.74) is 2.20. The zero-order valence-electron chi connectivity index (χ0n) is 16.9. The van der Waals surface area contributed by atoms with Crippen LogP contribution in [-0.4, -0.2) is 49.3 Å². The monoisotopic (exact) mass is 381 g/mol. The van der Waals surface area contributed by atoms with Crippen molar-refractivity contribution in [2.75, 3.05) is 32.8 Å². The van der Waals surface area contributed by atoms with E-state index in [1.807, 2.05) is 36.4 Å². The maximum Gasteiger partial charge on any atom is 0.315 e. The molecule has 28 heavy (non-hydrogen) atoms. The van der Waals surface area contributed by atoms with Gasteiger partial charge in [-0.25, -0.2) is 4.79 Å². The van der Waals surface area contributed by atoms with Crippen LogP contribution in [0.3, 0.4) is 0 Å². The van der Waals surface area contributed by atoms with E-state index in [2.05, 4.69) is 53.6 Å². The minimum Gasteiger partial charge on any atom is -0.379 e. The molecule has 1 aliphatic heterocycles. The maximum atomic E-state index is 12.7. The molecule has 1 aliphatic rings. The summed E-state index contributed by atoms with van der Waals surface area (Å²) < 4.78 is 5.44. The van der Waals surface area contributed by atoms with Crippen LogP contribution < -0.4 is 10.6 Å². The largest absolute Gasteiger partial charge is 0.379 e. The summed E-state index contributed by atoms with van der Waals surface area (Å²) >= 11 is 0. The lowest BCUT2D eigenvalue weighted by Gasteiger charge is -2.40. The van der Waals surface area contributed by atoms with E-state index in [9.17, 15) is 4.79 Å². The lowest BCUT2D eigenvalue weighted by atomic mass is 9.99. The third-order valence-electron chi connectivity index (χ3n) is 5.34. The number of carbonyl (C=O) groups is 1. The third kappa shape index (κ3) is 5.81. The number of nitrogens with one attached hydrogen (secondary N) is 2. The predicted molar refractivity (Wildman–Crippen MR) is 112 cm³/mol. The summed E-state index contributed by atoms with van der Waals surface area (Å²) in [6, 6.07) is 20.2. The van der Waals surface area contributed by atoms with Crippen LogP contribution in [0.15, 0.2) is 60.7 Å². The minimum atomic E-state index is -0.133. The second kappa shape index (κ2) is 9.71. The quantitative estimate of drug-likeness (QED) is 0.773. The van der Waals surface area contributed by atoms with E-state index >= 15 is 0 Å². The van der Waals surface area contributed by atoms with Gasteiger partial charge in [0.25, 0.3) is 0 Å². The van der Waals surface area contributed by atoms with Crippen molar-refractivity contribution in [2.24, 2.45) is 0 Å². The number of morpholine rings is 1. The molecule has 0 bridgehead atoms. The molecule has 3 rings (SSSR count). The molecule has 0 saturated carbocycles. The van der Waals surface area contributed by atoms with Gasteiger partial charge < -0.3 is 15.4 Å². The highest BCUT2D eigenvalue weighted by atomic mass is 16.5. The Labute approximate surface area is 168 Å². The van der Waals surface area contributed by atoms with E-state index in [0.29, 0.717) is 6.54 Å². The molecule has 0 aliphatic carbocycles. The van der Waals surface area contributed by atoms with Crippen LogP contribution in [0, 0.1) is 0 Å². The molecule has 2 aromatic rings. The van der Waals surface area contributed by atoms with Gasteiger partial charge in [0.05, 0.1) is 19.3 Å². The molecule has 2 amide bonds. The van der Waals surface area contributed by atoms with Gasteiger partial charge in [0.1, 0.15) is 0 Å². The van der Waals surface area contributed by atoms with Crippen molar-refractivity contribution in [1.29, 1.82) is 0 Å². The number of ether oxygens (including phenoxy) is 1.